The number of aromatic nitrogens is 2. The van der Waals surface area contributed by atoms with E-state index in [2.05, 4.69) is 39.2 Å². The van der Waals surface area contributed by atoms with Gasteiger partial charge in [-0.05, 0) is 57.0 Å². The molecule has 1 aliphatic heterocycles. The summed E-state index contributed by atoms with van der Waals surface area (Å²) in [5.41, 5.74) is 2.07. The Morgan fingerprint density at radius 1 is 1.17 bits per heavy atom. The van der Waals surface area contributed by atoms with E-state index in [4.69, 9.17) is 4.74 Å². The first kappa shape index (κ1) is 16.0. The molecule has 0 aliphatic carbocycles. The average Bonchev–Trinajstić information content (AvgIpc) is 2.59. The van der Waals surface area contributed by atoms with Crippen molar-refractivity contribution in [1.29, 1.82) is 0 Å². The predicted molar refractivity (Wildman–Crippen MR) is 94.2 cm³/mol. The Labute approximate surface area is 138 Å². The van der Waals surface area contributed by atoms with Gasteiger partial charge in [-0.1, -0.05) is 6.42 Å². The summed E-state index contributed by atoms with van der Waals surface area (Å²) in [4.78, 5) is 11.2. The van der Waals surface area contributed by atoms with Crippen LogP contribution in [0.2, 0.25) is 0 Å². The molecule has 3 rings (SSSR count). The van der Waals surface area contributed by atoms with Crippen LogP contribution in [0.15, 0.2) is 18.5 Å². The molecule has 1 N–H and O–H groups in total. The van der Waals surface area contributed by atoms with Gasteiger partial charge in [-0.15, -0.1) is 0 Å². The molecular weight excluding hydrogens is 288 g/mol. The third-order valence-corrected chi connectivity index (χ3v) is 4.49. The van der Waals surface area contributed by atoms with Gasteiger partial charge in [-0.25, -0.2) is 9.97 Å². The molecule has 2 aromatic rings. The van der Waals surface area contributed by atoms with Gasteiger partial charge in [0, 0.05) is 19.0 Å². The Hall–Kier alpha value is -1.88. The van der Waals surface area contributed by atoms with E-state index in [1.807, 2.05) is 7.05 Å². The largest absolute Gasteiger partial charge is 0.493 e. The summed E-state index contributed by atoms with van der Waals surface area (Å²) in [5, 5.41) is 4.12. The second-order valence-corrected chi connectivity index (χ2v) is 6.21. The zero-order chi connectivity index (χ0) is 16.1. The Morgan fingerprint density at radius 3 is 2.78 bits per heavy atom. The van der Waals surface area contributed by atoms with Crippen molar-refractivity contribution in [2.24, 2.45) is 0 Å². The second-order valence-electron chi connectivity index (χ2n) is 6.21. The van der Waals surface area contributed by atoms with Gasteiger partial charge in [0.05, 0.1) is 12.1 Å². The first-order valence-electron chi connectivity index (χ1n) is 8.56. The molecule has 23 heavy (non-hydrogen) atoms. The molecule has 0 bridgehead atoms. The van der Waals surface area contributed by atoms with Crippen molar-refractivity contribution in [2.75, 3.05) is 38.6 Å². The van der Waals surface area contributed by atoms with Crippen molar-refractivity contribution in [3.8, 4) is 5.75 Å². The lowest BCUT2D eigenvalue weighted by molar-refractivity contribution is 0.204. The number of piperidine rings is 1. The van der Waals surface area contributed by atoms with Crippen LogP contribution in [0.25, 0.3) is 10.9 Å². The fraction of sp³-hybridized carbons (Fsp3) is 0.556. The van der Waals surface area contributed by atoms with Gasteiger partial charge in [-0.2, -0.15) is 0 Å². The van der Waals surface area contributed by atoms with Gasteiger partial charge < -0.3 is 15.0 Å². The summed E-state index contributed by atoms with van der Waals surface area (Å²) in [6.07, 6.45) is 6.74. The number of likely N-dealkylation sites (tertiary alicyclic amines) is 1. The molecule has 124 valence electrons. The molecule has 5 heteroatoms. The van der Waals surface area contributed by atoms with Crippen LogP contribution < -0.4 is 10.1 Å². The molecule has 5 nitrogen and oxygen atoms in total. The molecule has 1 saturated heterocycles. The van der Waals surface area contributed by atoms with E-state index in [-0.39, 0.29) is 0 Å². The predicted octanol–water partition coefficient (Wildman–Crippen LogP) is 3.23. The number of anilines is 1. The quantitative estimate of drug-likeness (QED) is 0.830. The summed E-state index contributed by atoms with van der Waals surface area (Å²) >= 11 is 0. The van der Waals surface area contributed by atoms with Gasteiger partial charge in [0.2, 0.25) is 0 Å². The number of hydrogen-bond donors (Lipinski definition) is 1. The lowest BCUT2D eigenvalue weighted by Crippen LogP contribution is -2.31. The average molecular weight is 314 g/mol. The van der Waals surface area contributed by atoms with Crippen LogP contribution in [0.3, 0.4) is 0 Å². The van der Waals surface area contributed by atoms with Gasteiger partial charge >= 0.3 is 0 Å². The van der Waals surface area contributed by atoms with Gasteiger partial charge in [-0.3, -0.25) is 0 Å². The molecule has 0 amide bonds. The molecule has 0 atom stereocenters. The van der Waals surface area contributed by atoms with Crippen LogP contribution in [-0.4, -0.2) is 48.2 Å². The van der Waals surface area contributed by atoms with Gasteiger partial charge in [0.15, 0.2) is 0 Å². The first-order valence-corrected chi connectivity index (χ1v) is 8.56. The normalized spacial score (nSPS) is 15.7. The van der Waals surface area contributed by atoms with Crippen LogP contribution in [0.1, 0.15) is 31.2 Å². The lowest BCUT2D eigenvalue weighted by atomic mass is 10.1. The number of benzene rings is 1. The molecule has 0 unspecified atom stereocenters. The third kappa shape index (κ3) is 3.91. The van der Waals surface area contributed by atoms with Gasteiger partial charge in [0.1, 0.15) is 17.9 Å². The maximum absolute atomic E-state index is 6.03. The van der Waals surface area contributed by atoms with E-state index in [0.717, 1.165) is 47.6 Å². The standard InChI is InChI=1S/C18H26N4O/c1-14-11-16-15(18(19-2)21-13-20-16)12-17(14)23-10-6-9-22-7-4-3-5-8-22/h11-13H,3-10H2,1-2H3,(H,19,20,21). The second kappa shape index (κ2) is 7.59. The molecule has 0 radical (unpaired) electrons. The molecule has 0 saturated carbocycles. The summed E-state index contributed by atoms with van der Waals surface area (Å²) in [5.74, 6) is 1.77. The molecule has 1 aromatic heterocycles. The maximum Gasteiger partial charge on any atom is 0.137 e. The minimum absolute atomic E-state index is 0.755. The summed E-state index contributed by atoms with van der Waals surface area (Å²) in [6, 6.07) is 4.12. The number of ether oxygens (including phenoxy) is 1. The molecule has 2 heterocycles. The number of nitrogens with zero attached hydrogens (tertiary/aromatic N) is 3. The number of hydrogen-bond acceptors (Lipinski definition) is 5. The first-order chi connectivity index (χ1) is 11.3. The van der Waals surface area contributed by atoms with Crippen molar-refractivity contribution in [3.63, 3.8) is 0 Å². The van der Waals surface area contributed by atoms with E-state index in [0.29, 0.717) is 0 Å². The molecule has 1 aliphatic rings. The van der Waals surface area contributed by atoms with Gasteiger partial charge in [0.25, 0.3) is 0 Å². The minimum Gasteiger partial charge on any atom is -0.493 e. The Balaban J connectivity index is 1.61. The highest BCUT2D eigenvalue weighted by molar-refractivity contribution is 5.90. The smallest absolute Gasteiger partial charge is 0.137 e. The van der Waals surface area contributed by atoms with Crippen molar-refractivity contribution in [2.45, 2.75) is 32.6 Å². The SMILES string of the molecule is CNc1ncnc2cc(C)c(OCCCN3CCCCC3)cc12. The van der Waals surface area contributed by atoms with E-state index < -0.39 is 0 Å². The van der Waals surface area contributed by atoms with Crippen LogP contribution in [0.5, 0.6) is 5.75 Å². The monoisotopic (exact) mass is 314 g/mol. The van der Waals surface area contributed by atoms with E-state index in [9.17, 15) is 0 Å². The van der Waals surface area contributed by atoms with E-state index in [1.165, 1.54) is 32.4 Å². The van der Waals surface area contributed by atoms with E-state index in [1.54, 1.807) is 6.33 Å². The highest BCUT2D eigenvalue weighted by atomic mass is 16.5. The van der Waals surface area contributed by atoms with Crippen molar-refractivity contribution in [1.82, 2.24) is 14.9 Å². The maximum atomic E-state index is 6.03. The zero-order valence-electron chi connectivity index (χ0n) is 14.1. The Bertz CT molecular complexity index is 653. The summed E-state index contributed by atoms with van der Waals surface area (Å²) in [7, 11) is 1.88. The third-order valence-electron chi connectivity index (χ3n) is 4.49. The highest BCUT2D eigenvalue weighted by Crippen LogP contribution is 2.27. The number of rotatable bonds is 6. The molecule has 0 spiro atoms. The number of nitrogens with one attached hydrogen (secondary N) is 1. The zero-order valence-corrected chi connectivity index (χ0v) is 14.1. The number of aryl methyl sites for hydroxylation is 1. The van der Waals surface area contributed by atoms with Crippen molar-refractivity contribution in [3.05, 3.63) is 24.0 Å². The topological polar surface area (TPSA) is 50.3 Å². The molecule has 1 fully saturated rings. The fourth-order valence-corrected chi connectivity index (χ4v) is 3.20. The Kier molecular flexibility index (Phi) is 5.28. The van der Waals surface area contributed by atoms with Crippen LogP contribution in [-0.2, 0) is 0 Å². The fourth-order valence-electron chi connectivity index (χ4n) is 3.20. The van der Waals surface area contributed by atoms with Crippen LogP contribution in [0.4, 0.5) is 5.82 Å². The molecule has 1 aromatic carbocycles. The number of fused-ring (bicyclic) bond motifs is 1. The van der Waals surface area contributed by atoms with Crippen molar-refractivity contribution >= 4 is 16.7 Å². The van der Waals surface area contributed by atoms with E-state index >= 15 is 0 Å². The summed E-state index contributed by atoms with van der Waals surface area (Å²) < 4.78 is 6.03. The highest BCUT2D eigenvalue weighted by Gasteiger charge is 2.10. The molecular formula is C18H26N4O. The Morgan fingerprint density at radius 2 is 2.00 bits per heavy atom. The van der Waals surface area contributed by atoms with Crippen LogP contribution >= 0.6 is 0 Å². The minimum atomic E-state index is 0.755. The van der Waals surface area contributed by atoms with Crippen LogP contribution in [0, 0.1) is 6.92 Å². The van der Waals surface area contributed by atoms with Crippen molar-refractivity contribution < 1.29 is 4.74 Å². The lowest BCUT2D eigenvalue weighted by Gasteiger charge is -2.26. The summed E-state index contributed by atoms with van der Waals surface area (Å²) in [6.45, 7) is 6.46.